The molecule has 1 heterocycles. The second-order valence-corrected chi connectivity index (χ2v) is 7.65. The first-order chi connectivity index (χ1) is 12.3. The lowest BCUT2D eigenvalue weighted by molar-refractivity contribution is -0.157. The highest BCUT2D eigenvalue weighted by Gasteiger charge is 2.57. The van der Waals surface area contributed by atoms with Gasteiger partial charge in [0.2, 0.25) is 0 Å². The zero-order valence-electron chi connectivity index (χ0n) is 14.8. The van der Waals surface area contributed by atoms with Gasteiger partial charge < -0.3 is 25.2 Å². The standard InChI is InChI=1S/C21H24O5/c1-13-9-15(10-17(23)19(13)24)21-8-4-2-3-7-20(21,25)12-14-5-6-16(22)11-18(14)26-21/h5-6,9-11,22-25H,2-4,7-8,12H2,1H3. The monoisotopic (exact) mass is 356 g/mol. The molecule has 5 nitrogen and oxygen atoms in total. The fraction of sp³-hybridized carbons (Fsp3) is 0.429. The molecule has 2 aromatic carbocycles. The molecule has 2 unspecified atom stereocenters. The van der Waals surface area contributed by atoms with Crippen LogP contribution >= 0.6 is 0 Å². The summed E-state index contributed by atoms with van der Waals surface area (Å²) in [4.78, 5) is 0. The Morgan fingerprint density at radius 1 is 0.962 bits per heavy atom. The first kappa shape index (κ1) is 17.0. The lowest BCUT2D eigenvalue weighted by atomic mass is 9.69. The minimum atomic E-state index is -1.12. The van der Waals surface area contributed by atoms with E-state index in [2.05, 4.69) is 0 Å². The minimum absolute atomic E-state index is 0.114. The van der Waals surface area contributed by atoms with Gasteiger partial charge in [-0.2, -0.15) is 0 Å². The van der Waals surface area contributed by atoms with Crippen LogP contribution in [0, 0.1) is 6.92 Å². The molecule has 0 saturated heterocycles. The van der Waals surface area contributed by atoms with Gasteiger partial charge in [0.1, 0.15) is 17.1 Å². The lowest BCUT2D eigenvalue weighted by Gasteiger charge is -2.50. The smallest absolute Gasteiger partial charge is 0.163 e. The summed E-state index contributed by atoms with van der Waals surface area (Å²) in [5.41, 5.74) is -0.0960. The second-order valence-electron chi connectivity index (χ2n) is 7.65. The summed E-state index contributed by atoms with van der Waals surface area (Å²) in [5.74, 6) is 0.298. The molecule has 0 aromatic heterocycles. The zero-order valence-corrected chi connectivity index (χ0v) is 14.8. The van der Waals surface area contributed by atoms with Gasteiger partial charge in [-0.1, -0.05) is 18.9 Å². The van der Waals surface area contributed by atoms with E-state index in [0.717, 1.165) is 24.8 Å². The number of hydrogen-bond acceptors (Lipinski definition) is 5. The number of aliphatic hydroxyl groups is 1. The fourth-order valence-electron chi connectivity index (χ4n) is 4.53. The molecule has 2 atom stereocenters. The third-order valence-corrected chi connectivity index (χ3v) is 5.94. The van der Waals surface area contributed by atoms with E-state index in [1.165, 1.54) is 6.07 Å². The van der Waals surface area contributed by atoms with Crippen molar-refractivity contribution in [2.24, 2.45) is 0 Å². The predicted octanol–water partition coefficient (Wildman–Crippen LogP) is 3.64. The van der Waals surface area contributed by atoms with Gasteiger partial charge in [0, 0.05) is 18.1 Å². The van der Waals surface area contributed by atoms with Gasteiger partial charge in [0.15, 0.2) is 17.1 Å². The summed E-state index contributed by atoms with van der Waals surface area (Å²) in [7, 11) is 0. The van der Waals surface area contributed by atoms with Crippen molar-refractivity contribution in [3.8, 4) is 23.0 Å². The molecule has 26 heavy (non-hydrogen) atoms. The van der Waals surface area contributed by atoms with Crippen LogP contribution in [0.2, 0.25) is 0 Å². The summed E-state index contributed by atoms with van der Waals surface area (Å²) >= 11 is 0. The van der Waals surface area contributed by atoms with Crippen LogP contribution in [-0.4, -0.2) is 26.0 Å². The summed E-state index contributed by atoms with van der Waals surface area (Å²) in [5, 5.41) is 41.7. The van der Waals surface area contributed by atoms with Crippen LogP contribution in [0.1, 0.15) is 48.8 Å². The molecule has 1 aliphatic heterocycles. The molecule has 138 valence electrons. The Labute approximate surface area is 152 Å². The molecule has 1 aliphatic carbocycles. The average molecular weight is 356 g/mol. The van der Waals surface area contributed by atoms with Crippen molar-refractivity contribution in [3.05, 3.63) is 47.0 Å². The van der Waals surface area contributed by atoms with Gasteiger partial charge >= 0.3 is 0 Å². The maximum atomic E-state index is 11.7. The molecule has 0 spiro atoms. The van der Waals surface area contributed by atoms with E-state index < -0.39 is 11.2 Å². The van der Waals surface area contributed by atoms with E-state index in [9.17, 15) is 20.4 Å². The number of phenols is 3. The van der Waals surface area contributed by atoms with Gasteiger partial charge in [-0.05, 0) is 55.5 Å². The molecule has 2 aromatic rings. The van der Waals surface area contributed by atoms with Gasteiger partial charge in [-0.3, -0.25) is 0 Å². The quantitative estimate of drug-likeness (QED) is 0.586. The largest absolute Gasteiger partial charge is 0.508 e. The van der Waals surface area contributed by atoms with E-state index >= 15 is 0 Å². The molecule has 0 bridgehead atoms. The fourth-order valence-corrected chi connectivity index (χ4v) is 4.53. The van der Waals surface area contributed by atoms with Crippen LogP contribution < -0.4 is 4.74 Å². The molecule has 1 saturated carbocycles. The number of aromatic hydroxyl groups is 3. The summed E-state index contributed by atoms with van der Waals surface area (Å²) < 4.78 is 6.42. The predicted molar refractivity (Wildman–Crippen MR) is 96.7 cm³/mol. The van der Waals surface area contributed by atoms with Crippen LogP contribution in [0.3, 0.4) is 0 Å². The van der Waals surface area contributed by atoms with Gasteiger partial charge in [0.25, 0.3) is 0 Å². The van der Waals surface area contributed by atoms with Crippen LogP contribution in [-0.2, 0) is 12.0 Å². The topological polar surface area (TPSA) is 90.2 Å². The molecule has 4 rings (SSSR count). The van der Waals surface area contributed by atoms with Crippen molar-refractivity contribution in [1.82, 2.24) is 0 Å². The number of ether oxygens (including phenoxy) is 1. The zero-order chi connectivity index (χ0) is 18.5. The minimum Gasteiger partial charge on any atom is -0.508 e. The van der Waals surface area contributed by atoms with Crippen molar-refractivity contribution in [2.45, 2.75) is 56.7 Å². The normalized spacial score (nSPS) is 27.8. The summed E-state index contributed by atoms with van der Waals surface area (Å²) in [6, 6.07) is 8.24. The summed E-state index contributed by atoms with van der Waals surface area (Å²) in [6.45, 7) is 1.72. The van der Waals surface area contributed by atoms with Gasteiger partial charge in [-0.25, -0.2) is 0 Å². The van der Waals surface area contributed by atoms with E-state index in [4.69, 9.17) is 4.74 Å². The Morgan fingerprint density at radius 3 is 2.50 bits per heavy atom. The Balaban J connectivity index is 1.94. The molecule has 5 heteroatoms. The Hall–Kier alpha value is -2.40. The number of hydrogen-bond donors (Lipinski definition) is 4. The Bertz CT molecular complexity index is 838. The lowest BCUT2D eigenvalue weighted by Crippen LogP contribution is -2.58. The van der Waals surface area contributed by atoms with Crippen LogP contribution in [0.5, 0.6) is 23.0 Å². The molecule has 4 N–H and O–H groups in total. The number of phenolic OH excluding ortho intramolecular Hbond substituents is 3. The van der Waals surface area contributed by atoms with E-state index in [1.807, 2.05) is 0 Å². The van der Waals surface area contributed by atoms with Crippen LogP contribution in [0.4, 0.5) is 0 Å². The molecular formula is C21H24O5. The van der Waals surface area contributed by atoms with Crippen molar-refractivity contribution in [1.29, 1.82) is 0 Å². The molecular weight excluding hydrogens is 332 g/mol. The highest BCUT2D eigenvalue weighted by Crippen LogP contribution is 2.53. The molecule has 0 amide bonds. The van der Waals surface area contributed by atoms with Gasteiger partial charge in [0.05, 0.1) is 0 Å². The Morgan fingerprint density at radius 2 is 1.73 bits per heavy atom. The first-order valence-corrected chi connectivity index (χ1v) is 9.11. The molecule has 0 radical (unpaired) electrons. The van der Waals surface area contributed by atoms with Crippen LogP contribution in [0.15, 0.2) is 30.3 Å². The number of benzene rings is 2. The van der Waals surface area contributed by atoms with Crippen molar-refractivity contribution >= 4 is 0 Å². The van der Waals surface area contributed by atoms with Crippen LogP contribution in [0.25, 0.3) is 0 Å². The van der Waals surface area contributed by atoms with Crippen molar-refractivity contribution < 1.29 is 25.2 Å². The van der Waals surface area contributed by atoms with Crippen molar-refractivity contribution in [2.75, 3.05) is 0 Å². The van der Waals surface area contributed by atoms with E-state index in [1.54, 1.807) is 31.2 Å². The maximum absolute atomic E-state index is 11.7. The third kappa shape index (κ3) is 2.42. The second kappa shape index (κ2) is 5.81. The Kier molecular flexibility index (Phi) is 3.81. The summed E-state index contributed by atoms with van der Waals surface area (Å²) in [6.07, 6.45) is 4.40. The maximum Gasteiger partial charge on any atom is 0.163 e. The highest BCUT2D eigenvalue weighted by molar-refractivity contribution is 5.52. The number of aryl methyl sites for hydroxylation is 1. The van der Waals surface area contributed by atoms with E-state index in [-0.39, 0.29) is 17.2 Å². The van der Waals surface area contributed by atoms with Gasteiger partial charge in [-0.15, -0.1) is 0 Å². The average Bonchev–Trinajstić information content (AvgIpc) is 2.76. The SMILES string of the molecule is Cc1cc(C23CCCCCC2(O)Cc2ccc(O)cc2O3)cc(O)c1O. The number of fused-ring (bicyclic) bond motifs is 2. The molecule has 1 fully saturated rings. The van der Waals surface area contributed by atoms with E-state index in [0.29, 0.717) is 36.1 Å². The third-order valence-electron chi connectivity index (χ3n) is 5.94. The van der Waals surface area contributed by atoms with Crippen molar-refractivity contribution in [3.63, 3.8) is 0 Å². The highest BCUT2D eigenvalue weighted by atomic mass is 16.5. The number of rotatable bonds is 1. The molecule has 2 aliphatic rings. The first-order valence-electron chi connectivity index (χ1n) is 9.11.